The Morgan fingerprint density at radius 1 is 1.15 bits per heavy atom. The minimum absolute atomic E-state index is 0.121. The van der Waals surface area contributed by atoms with Crippen molar-refractivity contribution in [2.45, 2.75) is 24.8 Å². The summed E-state index contributed by atoms with van der Waals surface area (Å²) in [6, 6.07) is 14.4. The van der Waals surface area contributed by atoms with E-state index in [1.807, 2.05) is 12.1 Å². The molecule has 0 aliphatic rings. The summed E-state index contributed by atoms with van der Waals surface area (Å²) in [6.45, 7) is 0.207. The van der Waals surface area contributed by atoms with Crippen LogP contribution in [-0.4, -0.2) is 29.5 Å². The van der Waals surface area contributed by atoms with Gasteiger partial charge in [0, 0.05) is 24.4 Å². The minimum Gasteiger partial charge on any atom is -0.508 e. The average Bonchev–Trinajstić information content (AvgIpc) is 2.69. The van der Waals surface area contributed by atoms with E-state index in [0.29, 0.717) is 5.56 Å². The number of hydrogen-bond acceptors (Lipinski definition) is 4. The van der Waals surface area contributed by atoms with Gasteiger partial charge in [0.15, 0.2) is 0 Å². The van der Waals surface area contributed by atoms with E-state index in [1.165, 1.54) is 12.1 Å². The van der Waals surface area contributed by atoms with Crippen molar-refractivity contribution in [1.29, 1.82) is 5.26 Å². The number of halogens is 1. The molecule has 0 fully saturated rings. The highest BCUT2D eigenvalue weighted by atomic mass is 35.5. The molecule has 0 saturated carbocycles. The fraction of sp³-hybridized carbons (Fsp3) is 0.250. The van der Waals surface area contributed by atoms with Crippen molar-refractivity contribution in [2.24, 2.45) is 0 Å². The third-order valence-electron chi connectivity index (χ3n) is 3.88. The molecule has 1 unspecified atom stereocenters. The molecule has 1 atom stereocenters. The molecule has 27 heavy (non-hydrogen) atoms. The fourth-order valence-corrected chi connectivity index (χ4v) is 2.65. The van der Waals surface area contributed by atoms with Crippen LogP contribution in [0.2, 0.25) is 0 Å². The molecule has 0 saturated heterocycles. The van der Waals surface area contributed by atoms with E-state index in [-0.39, 0.29) is 42.8 Å². The summed E-state index contributed by atoms with van der Waals surface area (Å²) in [5, 5.41) is 23.4. The zero-order valence-corrected chi connectivity index (χ0v) is 15.4. The maximum Gasteiger partial charge on any atom is 0.251 e. The summed E-state index contributed by atoms with van der Waals surface area (Å²) in [6.07, 6.45) is 0.434. The topological polar surface area (TPSA) is 102 Å². The van der Waals surface area contributed by atoms with Gasteiger partial charge in [-0.1, -0.05) is 24.3 Å². The smallest absolute Gasteiger partial charge is 0.251 e. The molecule has 0 bridgehead atoms. The Balaban J connectivity index is 2.14. The van der Waals surface area contributed by atoms with Gasteiger partial charge in [0.2, 0.25) is 5.91 Å². The van der Waals surface area contributed by atoms with Crippen LogP contribution in [0, 0.1) is 11.3 Å². The zero-order chi connectivity index (χ0) is 19.6. The summed E-state index contributed by atoms with van der Waals surface area (Å²) in [7, 11) is 0. The lowest BCUT2D eigenvalue weighted by molar-refractivity contribution is -0.122. The summed E-state index contributed by atoms with van der Waals surface area (Å²) in [5.41, 5.74) is 1.99. The lowest BCUT2D eigenvalue weighted by Crippen LogP contribution is -2.48. The van der Waals surface area contributed by atoms with Crippen molar-refractivity contribution in [3.05, 3.63) is 65.2 Å². The first kappa shape index (κ1) is 20.3. The first-order valence-electron chi connectivity index (χ1n) is 8.42. The fourth-order valence-electron chi connectivity index (χ4n) is 2.48. The van der Waals surface area contributed by atoms with Crippen molar-refractivity contribution in [3.63, 3.8) is 0 Å². The van der Waals surface area contributed by atoms with Gasteiger partial charge in [0.05, 0.1) is 12.5 Å². The van der Waals surface area contributed by atoms with Gasteiger partial charge >= 0.3 is 0 Å². The molecule has 2 aromatic rings. The third-order valence-corrected chi connectivity index (χ3v) is 4.19. The molecule has 140 valence electrons. The predicted octanol–water partition coefficient (Wildman–Crippen LogP) is 2.50. The minimum atomic E-state index is -0.819. The lowest BCUT2D eigenvalue weighted by atomic mass is 10.0. The van der Waals surface area contributed by atoms with Gasteiger partial charge in [0.1, 0.15) is 11.8 Å². The Kier molecular flexibility index (Phi) is 7.65. The Morgan fingerprint density at radius 3 is 2.56 bits per heavy atom. The number of nitriles is 1. The number of rotatable bonds is 8. The number of hydrogen-bond donors (Lipinski definition) is 3. The van der Waals surface area contributed by atoms with E-state index in [0.717, 1.165) is 11.1 Å². The van der Waals surface area contributed by atoms with E-state index in [9.17, 15) is 14.7 Å². The average molecular weight is 386 g/mol. The van der Waals surface area contributed by atoms with Crippen molar-refractivity contribution >= 4 is 23.4 Å². The number of carbonyl (C=O) groups is 2. The maximum atomic E-state index is 12.6. The maximum absolute atomic E-state index is 12.6. The van der Waals surface area contributed by atoms with Crippen molar-refractivity contribution < 1.29 is 14.7 Å². The number of amides is 2. The molecule has 2 aromatic carbocycles. The van der Waals surface area contributed by atoms with Gasteiger partial charge in [-0.15, -0.1) is 11.6 Å². The molecule has 0 aliphatic carbocycles. The van der Waals surface area contributed by atoms with Gasteiger partial charge in [-0.25, -0.2) is 0 Å². The van der Waals surface area contributed by atoms with Crippen LogP contribution in [0.15, 0.2) is 48.5 Å². The van der Waals surface area contributed by atoms with Gasteiger partial charge in [-0.2, -0.15) is 5.26 Å². The predicted molar refractivity (Wildman–Crippen MR) is 102 cm³/mol. The van der Waals surface area contributed by atoms with Crippen LogP contribution in [0.1, 0.15) is 27.9 Å². The summed E-state index contributed by atoms with van der Waals surface area (Å²) >= 11 is 5.81. The van der Waals surface area contributed by atoms with E-state index >= 15 is 0 Å². The molecule has 0 heterocycles. The molecule has 3 N–H and O–H groups in total. The second kappa shape index (κ2) is 10.2. The second-order valence-corrected chi connectivity index (χ2v) is 6.20. The number of aromatic hydroxyl groups is 1. The molecular formula is C20H20ClN3O3. The Bertz CT molecular complexity index is 831. The number of alkyl halides is 1. The number of phenols is 1. The number of phenolic OH excluding ortho intramolecular Hbond substituents is 1. The summed E-state index contributed by atoms with van der Waals surface area (Å²) < 4.78 is 0. The van der Waals surface area contributed by atoms with Gasteiger partial charge < -0.3 is 15.7 Å². The molecular weight excluding hydrogens is 366 g/mol. The van der Waals surface area contributed by atoms with Crippen LogP contribution < -0.4 is 10.6 Å². The highest BCUT2D eigenvalue weighted by Crippen LogP contribution is 2.13. The quantitative estimate of drug-likeness (QED) is 0.480. The molecule has 7 heteroatoms. The monoisotopic (exact) mass is 385 g/mol. The largest absolute Gasteiger partial charge is 0.508 e. The van der Waals surface area contributed by atoms with Gasteiger partial charge in [0.25, 0.3) is 5.91 Å². The van der Waals surface area contributed by atoms with Gasteiger partial charge in [-0.3, -0.25) is 9.59 Å². The normalized spacial score (nSPS) is 11.3. The Hall–Kier alpha value is -3.04. The van der Waals surface area contributed by atoms with E-state index in [4.69, 9.17) is 16.9 Å². The number of carbonyl (C=O) groups excluding carboxylic acids is 2. The highest BCUT2D eigenvalue weighted by Gasteiger charge is 2.22. The first-order chi connectivity index (χ1) is 13.0. The Morgan fingerprint density at radius 2 is 1.89 bits per heavy atom. The highest BCUT2D eigenvalue weighted by molar-refractivity contribution is 6.17. The summed E-state index contributed by atoms with van der Waals surface area (Å²) in [4.78, 5) is 25.0. The third kappa shape index (κ3) is 6.32. The van der Waals surface area contributed by atoms with E-state index in [2.05, 4.69) is 10.6 Å². The van der Waals surface area contributed by atoms with Crippen molar-refractivity contribution in [3.8, 4) is 11.8 Å². The SMILES string of the molecule is N#CCCNC(=O)C(Cc1ccc(O)cc1)NC(=O)c1cccc(CCl)c1. The molecule has 0 spiro atoms. The van der Waals surface area contributed by atoms with Crippen LogP contribution in [0.5, 0.6) is 5.75 Å². The number of nitrogens with zero attached hydrogens (tertiary/aromatic N) is 1. The first-order valence-corrected chi connectivity index (χ1v) is 8.95. The van der Waals surface area contributed by atoms with Crippen LogP contribution in [0.3, 0.4) is 0 Å². The summed E-state index contributed by atoms with van der Waals surface area (Å²) in [5.74, 6) is -0.357. The van der Waals surface area contributed by atoms with Crippen molar-refractivity contribution in [1.82, 2.24) is 10.6 Å². The number of benzene rings is 2. The number of nitrogens with one attached hydrogen (secondary N) is 2. The van der Waals surface area contributed by atoms with Crippen LogP contribution in [0.25, 0.3) is 0 Å². The van der Waals surface area contributed by atoms with E-state index in [1.54, 1.807) is 30.3 Å². The van der Waals surface area contributed by atoms with Crippen LogP contribution >= 0.6 is 11.6 Å². The molecule has 0 aromatic heterocycles. The van der Waals surface area contributed by atoms with Crippen LogP contribution in [-0.2, 0) is 17.1 Å². The molecule has 0 aliphatic heterocycles. The standard InChI is InChI=1S/C20H20ClN3O3/c21-13-15-3-1-4-16(11-15)19(26)24-18(20(27)23-10-2-9-22)12-14-5-7-17(25)8-6-14/h1,3-8,11,18,25H,2,10,12-13H2,(H,23,27)(H,24,26). The molecule has 2 rings (SSSR count). The van der Waals surface area contributed by atoms with Gasteiger partial charge in [-0.05, 0) is 35.4 Å². The molecule has 0 radical (unpaired) electrons. The molecule has 6 nitrogen and oxygen atoms in total. The van der Waals surface area contributed by atoms with E-state index < -0.39 is 6.04 Å². The lowest BCUT2D eigenvalue weighted by Gasteiger charge is -2.19. The Labute approximate surface area is 162 Å². The molecule has 2 amide bonds. The van der Waals surface area contributed by atoms with Crippen molar-refractivity contribution in [2.75, 3.05) is 6.54 Å². The zero-order valence-electron chi connectivity index (χ0n) is 14.6. The second-order valence-electron chi connectivity index (χ2n) is 5.93. The van der Waals surface area contributed by atoms with Crippen LogP contribution in [0.4, 0.5) is 0 Å².